The average molecular weight is 284 g/mol. The Balaban J connectivity index is 2.11. The smallest absolute Gasteiger partial charge is 0.271 e. The molecule has 0 aliphatic carbocycles. The van der Waals surface area contributed by atoms with Crippen LogP contribution in [0.15, 0.2) is 29.1 Å². The van der Waals surface area contributed by atoms with E-state index in [0.717, 1.165) is 4.47 Å². The molecule has 7 heteroatoms. The number of nitrogens with one attached hydrogen (secondary N) is 1. The fourth-order valence-corrected chi connectivity index (χ4v) is 1.58. The van der Waals surface area contributed by atoms with Gasteiger partial charge in [0.25, 0.3) is 5.91 Å². The molecule has 6 nitrogen and oxygen atoms in total. The summed E-state index contributed by atoms with van der Waals surface area (Å²) in [7, 11) is 1.58. The number of amides is 1. The number of aromatic nitrogens is 4. The first kappa shape index (κ1) is 10.9. The van der Waals surface area contributed by atoms with Crippen molar-refractivity contribution in [1.82, 2.24) is 24.9 Å². The molecule has 2 heterocycles. The van der Waals surface area contributed by atoms with Crippen LogP contribution in [0, 0.1) is 0 Å². The number of hydrogen-bond donors (Lipinski definition) is 1. The van der Waals surface area contributed by atoms with Crippen LogP contribution in [0.4, 0.5) is 0 Å². The predicted octanol–water partition coefficient (Wildman–Crippen LogP) is 0.707. The van der Waals surface area contributed by atoms with E-state index in [-0.39, 0.29) is 5.91 Å². The Morgan fingerprint density at radius 1 is 1.56 bits per heavy atom. The summed E-state index contributed by atoms with van der Waals surface area (Å²) in [4.78, 5) is 11.3. The van der Waals surface area contributed by atoms with Gasteiger partial charge in [-0.1, -0.05) is 0 Å². The van der Waals surface area contributed by atoms with E-state index in [4.69, 9.17) is 0 Å². The first-order chi connectivity index (χ1) is 7.69. The fourth-order valence-electron chi connectivity index (χ4n) is 1.25. The first-order valence-corrected chi connectivity index (χ1v) is 5.42. The second-order valence-electron chi connectivity index (χ2n) is 3.16. The molecule has 0 bridgehead atoms. The van der Waals surface area contributed by atoms with Gasteiger partial charge in [0, 0.05) is 19.4 Å². The first-order valence-electron chi connectivity index (χ1n) is 4.62. The number of carbonyl (C=O) groups excluding carboxylic acids is 1. The molecule has 2 aromatic rings. The van der Waals surface area contributed by atoms with Crippen molar-refractivity contribution in [3.8, 4) is 0 Å². The third-order valence-electron chi connectivity index (χ3n) is 1.99. The van der Waals surface area contributed by atoms with E-state index in [9.17, 15) is 4.79 Å². The van der Waals surface area contributed by atoms with Crippen molar-refractivity contribution in [2.24, 2.45) is 0 Å². The Hall–Kier alpha value is -1.63. The van der Waals surface area contributed by atoms with Gasteiger partial charge in [0.1, 0.15) is 12.4 Å². The Bertz CT molecular complexity index is 503. The second kappa shape index (κ2) is 4.48. The van der Waals surface area contributed by atoms with Gasteiger partial charge in [-0.15, -0.1) is 0 Å². The van der Waals surface area contributed by atoms with Crippen LogP contribution >= 0.6 is 15.9 Å². The number of rotatable bonds is 3. The molecule has 16 heavy (non-hydrogen) atoms. The highest BCUT2D eigenvalue weighted by Gasteiger charge is 2.06. The Labute approximate surface area is 100 Å². The molecule has 0 atom stereocenters. The maximum atomic E-state index is 11.3. The van der Waals surface area contributed by atoms with Gasteiger partial charge in [-0.2, -0.15) is 10.2 Å². The van der Waals surface area contributed by atoms with Gasteiger partial charge in [-0.25, -0.2) is 4.68 Å². The molecule has 2 rings (SSSR count). The molecule has 1 amide bonds. The summed E-state index contributed by atoms with van der Waals surface area (Å²) < 4.78 is 4.26. The SMILES string of the molecule is CNC(=O)c1ccn(Cn2cc(Br)cn2)n1. The van der Waals surface area contributed by atoms with E-state index in [1.54, 1.807) is 34.9 Å². The lowest BCUT2D eigenvalue weighted by Gasteiger charge is -2.00. The Morgan fingerprint density at radius 2 is 2.38 bits per heavy atom. The quantitative estimate of drug-likeness (QED) is 0.902. The van der Waals surface area contributed by atoms with Gasteiger partial charge in [0.2, 0.25) is 0 Å². The highest BCUT2D eigenvalue weighted by Crippen LogP contribution is 2.06. The molecule has 0 unspecified atom stereocenters. The highest BCUT2D eigenvalue weighted by molar-refractivity contribution is 9.10. The molecule has 0 saturated heterocycles. The van der Waals surface area contributed by atoms with Crippen LogP contribution in [0.3, 0.4) is 0 Å². The van der Waals surface area contributed by atoms with Crippen molar-refractivity contribution in [1.29, 1.82) is 0 Å². The lowest BCUT2D eigenvalue weighted by molar-refractivity contribution is 0.0957. The third-order valence-corrected chi connectivity index (χ3v) is 2.40. The lowest BCUT2D eigenvalue weighted by atomic mass is 10.4. The Morgan fingerprint density at radius 3 is 3.00 bits per heavy atom. The minimum absolute atomic E-state index is 0.194. The summed E-state index contributed by atoms with van der Waals surface area (Å²) in [5, 5.41) is 10.7. The van der Waals surface area contributed by atoms with E-state index in [1.165, 1.54) is 0 Å². The molecule has 84 valence electrons. The molecule has 0 radical (unpaired) electrons. The van der Waals surface area contributed by atoms with Crippen molar-refractivity contribution in [2.75, 3.05) is 7.05 Å². The molecule has 1 N–H and O–H groups in total. The molecule has 2 aromatic heterocycles. The van der Waals surface area contributed by atoms with Crippen LogP contribution in [-0.4, -0.2) is 32.5 Å². The van der Waals surface area contributed by atoms with Crippen LogP contribution in [0.1, 0.15) is 10.5 Å². The number of hydrogen-bond acceptors (Lipinski definition) is 3. The molecule has 0 saturated carbocycles. The van der Waals surface area contributed by atoms with E-state index in [0.29, 0.717) is 12.4 Å². The maximum Gasteiger partial charge on any atom is 0.271 e. The van der Waals surface area contributed by atoms with E-state index in [2.05, 4.69) is 31.4 Å². The monoisotopic (exact) mass is 283 g/mol. The highest BCUT2D eigenvalue weighted by atomic mass is 79.9. The van der Waals surface area contributed by atoms with Gasteiger partial charge < -0.3 is 5.32 Å². The zero-order valence-electron chi connectivity index (χ0n) is 8.59. The standard InChI is InChI=1S/C9H10BrN5O/c1-11-9(16)8-2-3-14(13-8)6-15-5-7(10)4-12-15/h2-5H,6H2,1H3,(H,11,16). The normalized spacial score (nSPS) is 10.4. The van der Waals surface area contributed by atoms with Crippen molar-refractivity contribution in [3.63, 3.8) is 0 Å². The largest absolute Gasteiger partial charge is 0.354 e. The van der Waals surface area contributed by atoms with Crippen LogP contribution in [0.5, 0.6) is 0 Å². The van der Waals surface area contributed by atoms with E-state index >= 15 is 0 Å². The van der Waals surface area contributed by atoms with Crippen LogP contribution < -0.4 is 5.32 Å². The number of carbonyl (C=O) groups is 1. The molecule has 0 aliphatic rings. The molecule has 0 fully saturated rings. The fraction of sp³-hybridized carbons (Fsp3) is 0.222. The molecule has 0 aliphatic heterocycles. The third kappa shape index (κ3) is 2.30. The average Bonchev–Trinajstić information content (AvgIpc) is 2.87. The second-order valence-corrected chi connectivity index (χ2v) is 4.07. The van der Waals surface area contributed by atoms with Crippen molar-refractivity contribution < 1.29 is 4.79 Å². The van der Waals surface area contributed by atoms with E-state index in [1.807, 2.05) is 6.20 Å². The van der Waals surface area contributed by atoms with Gasteiger partial charge in [0.05, 0.1) is 10.7 Å². The topological polar surface area (TPSA) is 64.7 Å². The summed E-state index contributed by atoms with van der Waals surface area (Å²) >= 11 is 3.31. The molecule has 0 aromatic carbocycles. The molecular formula is C9H10BrN5O. The maximum absolute atomic E-state index is 11.3. The van der Waals surface area contributed by atoms with E-state index < -0.39 is 0 Å². The predicted molar refractivity (Wildman–Crippen MR) is 60.9 cm³/mol. The van der Waals surface area contributed by atoms with Gasteiger partial charge >= 0.3 is 0 Å². The van der Waals surface area contributed by atoms with Crippen LogP contribution in [0.25, 0.3) is 0 Å². The Kier molecular flexibility index (Phi) is 3.04. The summed E-state index contributed by atoms with van der Waals surface area (Å²) in [5.74, 6) is -0.194. The number of halogens is 1. The summed E-state index contributed by atoms with van der Waals surface area (Å²) in [5.41, 5.74) is 0.397. The number of nitrogens with zero attached hydrogens (tertiary/aromatic N) is 4. The zero-order chi connectivity index (χ0) is 11.5. The van der Waals surface area contributed by atoms with Gasteiger partial charge in [0.15, 0.2) is 0 Å². The van der Waals surface area contributed by atoms with Gasteiger partial charge in [-0.3, -0.25) is 9.48 Å². The summed E-state index contributed by atoms with van der Waals surface area (Å²) in [6, 6.07) is 1.66. The van der Waals surface area contributed by atoms with Crippen LogP contribution in [0.2, 0.25) is 0 Å². The minimum atomic E-state index is -0.194. The van der Waals surface area contributed by atoms with Crippen molar-refractivity contribution in [3.05, 3.63) is 34.8 Å². The molecule has 0 spiro atoms. The van der Waals surface area contributed by atoms with Crippen molar-refractivity contribution in [2.45, 2.75) is 6.67 Å². The summed E-state index contributed by atoms with van der Waals surface area (Å²) in [6.45, 7) is 0.475. The molecular weight excluding hydrogens is 274 g/mol. The minimum Gasteiger partial charge on any atom is -0.354 e. The van der Waals surface area contributed by atoms with Crippen LogP contribution in [-0.2, 0) is 6.67 Å². The van der Waals surface area contributed by atoms with Crippen molar-refractivity contribution >= 4 is 21.8 Å². The van der Waals surface area contributed by atoms with Gasteiger partial charge in [-0.05, 0) is 22.0 Å². The summed E-state index contributed by atoms with van der Waals surface area (Å²) in [6.07, 6.45) is 5.27. The zero-order valence-corrected chi connectivity index (χ0v) is 10.2. The lowest BCUT2D eigenvalue weighted by Crippen LogP contribution is -2.19.